The molecule has 0 amide bonds. The van der Waals surface area contributed by atoms with E-state index in [9.17, 15) is 4.39 Å². The number of ether oxygens (including phenoxy) is 1. The van der Waals surface area contributed by atoms with Crippen molar-refractivity contribution < 1.29 is 9.13 Å². The van der Waals surface area contributed by atoms with Gasteiger partial charge in [0.25, 0.3) is 0 Å². The van der Waals surface area contributed by atoms with Crippen molar-refractivity contribution in [2.75, 3.05) is 19.5 Å². The van der Waals surface area contributed by atoms with Gasteiger partial charge in [-0.1, -0.05) is 12.1 Å². The number of halogens is 1. The minimum Gasteiger partial charge on any atom is -0.384 e. The maximum Gasteiger partial charge on any atom is 0.138 e. The Morgan fingerprint density at radius 2 is 2.31 bits per heavy atom. The first-order valence-electron chi connectivity index (χ1n) is 4.85. The quantitative estimate of drug-likeness (QED) is 0.455. The first-order valence-corrected chi connectivity index (χ1v) is 6.00. The fraction of sp³-hybridized carbons (Fsp3) is 0.364. The van der Waals surface area contributed by atoms with E-state index in [1.807, 2.05) is 0 Å². The van der Waals surface area contributed by atoms with Gasteiger partial charge in [0.15, 0.2) is 0 Å². The van der Waals surface area contributed by atoms with Crippen LogP contribution < -0.4 is 5.73 Å². The maximum atomic E-state index is 13.8. The fourth-order valence-electron chi connectivity index (χ4n) is 1.22. The summed E-state index contributed by atoms with van der Waals surface area (Å²) in [6.07, 6.45) is 0. The third-order valence-corrected chi connectivity index (χ3v) is 3.03. The summed E-state index contributed by atoms with van der Waals surface area (Å²) >= 11 is 1.59. The van der Waals surface area contributed by atoms with Gasteiger partial charge in [-0.15, -0.1) is 0 Å². The summed E-state index contributed by atoms with van der Waals surface area (Å²) in [6, 6.07) is 4.94. The van der Waals surface area contributed by atoms with Crippen LogP contribution in [0.3, 0.4) is 0 Å². The van der Waals surface area contributed by atoms with Gasteiger partial charge in [-0.2, -0.15) is 11.8 Å². The molecule has 0 spiro atoms. The third kappa shape index (κ3) is 3.50. The van der Waals surface area contributed by atoms with E-state index >= 15 is 0 Å². The van der Waals surface area contributed by atoms with E-state index in [4.69, 9.17) is 15.9 Å². The molecule has 0 heterocycles. The molecule has 0 aromatic heterocycles. The van der Waals surface area contributed by atoms with Crippen molar-refractivity contribution in [3.8, 4) is 0 Å². The highest BCUT2D eigenvalue weighted by atomic mass is 32.2. The van der Waals surface area contributed by atoms with Gasteiger partial charge in [-0.25, -0.2) is 4.39 Å². The molecule has 1 aromatic carbocycles. The minimum atomic E-state index is -0.389. The molecular formula is C11H15FN2OS. The Morgan fingerprint density at radius 1 is 1.56 bits per heavy atom. The van der Waals surface area contributed by atoms with Gasteiger partial charge in [-0.05, 0) is 11.6 Å². The molecule has 0 saturated carbocycles. The van der Waals surface area contributed by atoms with Crippen LogP contribution >= 0.6 is 11.8 Å². The van der Waals surface area contributed by atoms with Crippen molar-refractivity contribution in [1.82, 2.24) is 0 Å². The summed E-state index contributed by atoms with van der Waals surface area (Å²) in [5, 5.41) is 7.23. The van der Waals surface area contributed by atoms with Gasteiger partial charge < -0.3 is 10.5 Å². The number of rotatable bonds is 6. The maximum absolute atomic E-state index is 13.8. The molecule has 1 rings (SSSR count). The molecule has 0 atom stereocenters. The topological polar surface area (TPSA) is 59.1 Å². The van der Waals surface area contributed by atoms with Gasteiger partial charge in [0.2, 0.25) is 0 Å². The molecule has 0 aliphatic carbocycles. The lowest BCUT2D eigenvalue weighted by Crippen LogP contribution is -2.14. The Balaban J connectivity index is 2.66. The standard InChI is InChI=1S/C11H15FN2OS/c1-15-5-6-16-7-8-3-2-4-9(10(8)12)11(13)14/h2-4H,5-7H2,1H3,(H3,13,14). The van der Waals surface area contributed by atoms with E-state index < -0.39 is 0 Å². The first kappa shape index (κ1) is 13.0. The molecule has 16 heavy (non-hydrogen) atoms. The van der Waals surface area contributed by atoms with Gasteiger partial charge >= 0.3 is 0 Å². The number of hydrogen-bond acceptors (Lipinski definition) is 3. The second kappa shape index (κ2) is 6.50. The Kier molecular flexibility index (Phi) is 5.28. The minimum absolute atomic E-state index is 0.171. The summed E-state index contributed by atoms with van der Waals surface area (Å²) in [5.41, 5.74) is 6.03. The summed E-state index contributed by atoms with van der Waals surface area (Å²) in [6.45, 7) is 0.651. The number of nitrogens with two attached hydrogens (primary N) is 1. The molecule has 0 fully saturated rings. The number of hydrogen-bond donors (Lipinski definition) is 2. The molecule has 1 aromatic rings. The number of methoxy groups -OCH3 is 1. The van der Waals surface area contributed by atoms with Crippen LogP contribution in [-0.2, 0) is 10.5 Å². The Bertz CT molecular complexity index is 371. The number of nitrogen functional groups attached to an aromatic ring is 1. The molecule has 5 heteroatoms. The Morgan fingerprint density at radius 3 is 2.94 bits per heavy atom. The van der Waals surface area contributed by atoms with E-state index in [1.54, 1.807) is 31.0 Å². The molecule has 88 valence electrons. The number of nitrogens with one attached hydrogen (secondary N) is 1. The van der Waals surface area contributed by atoms with E-state index in [1.165, 1.54) is 6.07 Å². The Hall–Kier alpha value is -1.07. The molecule has 0 aliphatic heterocycles. The third-order valence-electron chi connectivity index (χ3n) is 2.06. The zero-order valence-electron chi connectivity index (χ0n) is 9.13. The molecule has 0 unspecified atom stereocenters. The number of benzene rings is 1. The highest BCUT2D eigenvalue weighted by Gasteiger charge is 2.09. The van der Waals surface area contributed by atoms with Crippen molar-refractivity contribution in [2.24, 2.45) is 5.73 Å². The number of thioether (sulfide) groups is 1. The van der Waals surface area contributed by atoms with Gasteiger partial charge in [0, 0.05) is 18.6 Å². The van der Waals surface area contributed by atoms with Gasteiger partial charge in [0.05, 0.1) is 12.2 Å². The zero-order valence-corrected chi connectivity index (χ0v) is 9.94. The van der Waals surface area contributed by atoms with Crippen LogP contribution in [0.25, 0.3) is 0 Å². The smallest absolute Gasteiger partial charge is 0.138 e. The van der Waals surface area contributed by atoms with Crippen molar-refractivity contribution >= 4 is 17.6 Å². The molecule has 0 aliphatic rings. The molecule has 3 N–H and O–H groups in total. The van der Waals surface area contributed by atoms with Crippen LogP contribution in [0.15, 0.2) is 18.2 Å². The van der Waals surface area contributed by atoms with Crippen molar-refractivity contribution in [1.29, 1.82) is 5.41 Å². The average Bonchev–Trinajstić information content (AvgIpc) is 2.26. The average molecular weight is 242 g/mol. The SMILES string of the molecule is COCCSCc1cccc(C(=N)N)c1F. The van der Waals surface area contributed by atoms with Crippen molar-refractivity contribution in [3.63, 3.8) is 0 Å². The first-order chi connectivity index (χ1) is 7.66. The number of amidine groups is 1. The van der Waals surface area contributed by atoms with Crippen LogP contribution in [0.2, 0.25) is 0 Å². The normalized spacial score (nSPS) is 10.4. The van der Waals surface area contributed by atoms with Crippen LogP contribution in [-0.4, -0.2) is 25.3 Å². The van der Waals surface area contributed by atoms with E-state index in [0.29, 0.717) is 17.9 Å². The largest absolute Gasteiger partial charge is 0.384 e. The van der Waals surface area contributed by atoms with E-state index in [2.05, 4.69) is 0 Å². The summed E-state index contributed by atoms with van der Waals surface area (Å²) in [5.74, 6) is 0.762. The van der Waals surface area contributed by atoms with Crippen LogP contribution in [0.1, 0.15) is 11.1 Å². The van der Waals surface area contributed by atoms with Gasteiger partial charge in [0.1, 0.15) is 11.7 Å². The summed E-state index contributed by atoms with van der Waals surface area (Å²) in [4.78, 5) is 0. The molecule has 0 saturated heterocycles. The van der Waals surface area contributed by atoms with Gasteiger partial charge in [-0.3, -0.25) is 5.41 Å². The summed E-state index contributed by atoms with van der Waals surface area (Å²) in [7, 11) is 1.64. The van der Waals surface area contributed by atoms with Crippen LogP contribution in [0.5, 0.6) is 0 Å². The fourth-order valence-corrected chi connectivity index (χ4v) is 2.10. The van der Waals surface area contributed by atoms with Crippen LogP contribution in [0, 0.1) is 11.2 Å². The highest BCUT2D eigenvalue weighted by molar-refractivity contribution is 7.98. The molecule has 0 bridgehead atoms. The predicted molar refractivity (Wildman–Crippen MR) is 65.5 cm³/mol. The molecule has 3 nitrogen and oxygen atoms in total. The predicted octanol–water partition coefficient (Wildman–Crippen LogP) is 1.99. The summed E-state index contributed by atoms with van der Waals surface area (Å²) < 4.78 is 18.7. The highest BCUT2D eigenvalue weighted by Crippen LogP contribution is 2.18. The Labute approximate surface area is 98.7 Å². The lowest BCUT2D eigenvalue weighted by Gasteiger charge is -2.06. The van der Waals surface area contributed by atoms with Crippen molar-refractivity contribution in [3.05, 3.63) is 35.1 Å². The molecule has 0 radical (unpaired) electrons. The second-order valence-corrected chi connectivity index (χ2v) is 4.34. The molecular weight excluding hydrogens is 227 g/mol. The lowest BCUT2D eigenvalue weighted by atomic mass is 10.1. The zero-order chi connectivity index (χ0) is 12.0. The van der Waals surface area contributed by atoms with E-state index in [-0.39, 0.29) is 17.2 Å². The second-order valence-electron chi connectivity index (χ2n) is 3.24. The van der Waals surface area contributed by atoms with Crippen LogP contribution in [0.4, 0.5) is 4.39 Å². The van der Waals surface area contributed by atoms with E-state index in [0.717, 1.165) is 5.75 Å². The van der Waals surface area contributed by atoms with Crippen molar-refractivity contribution in [2.45, 2.75) is 5.75 Å². The lowest BCUT2D eigenvalue weighted by molar-refractivity contribution is 0.218. The monoisotopic (exact) mass is 242 g/mol.